The minimum atomic E-state index is 0.277. The van der Waals surface area contributed by atoms with Crippen molar-refractivity contribution >= 4 is 27.5 Å². The summed E-state index contributed by atoms with van der Waals surface area (Å²) in [7, 11) is 0. The molecule has 2 rings (SSSR count). The van der Waals surface area contributed by atoms with E-state index >= 15 is 0 Å². The van der Waals surface area contributed by atoms with E-state index in [0.29, 0.717) is 6.04 Å². The molecule has 1 aromatic rings. The molecule has 0 radical (unpaired) electrons. The van der Waals surface area contributed by atoms with Gasteiger partial charge in [0, 0.05) is 34.8 Å². The van der Waals surface area contributed by atoms with Crippen molar-refractivity contribution in [3.8, 4) is 0 Å². The lowest BCUT2D eigenvalue weighted by Crippen LogP contribution is -2.36. The summed E-state index contributed by atoms with van der Waals surface area (Å²) in [5, 5.41) is 4.43. The van der Waals surface area contributed by atoms with Gasteiger partial charge in [-0.05, 0) is 37.5 Å². The zero-order valence-corrected chi connectivity index (χ0v) is 12.2. The first-order valence-electron chi connectivity index (χ1n) is 5.95. The summed E-state index contributed by atoms with van der Waals surface area (Å²) in [6, 6.07) is 6.86. The summed E-state index contributed by atoms with van der Waals surface area (Å²) < 4.78 is 6.37. The number of ether oxygens (including phenoxy) is 1. The summed E-state index contributed by atoms with van der Waals surface area (Å²) >= 11 is 9.67. The molecule has 94 valence electrons. The number of nitrogens with one attached hydrogen (secondary N) is 1. The summed E-state index contributed by atoms with van der Waals surface area (Å²) in [4.78, 5) is 0. The SMILES string of the molecule is CC(NC1CCOCC1)c1ccc(Br)cc1Cl. The Morgan fingerprint density at radius 3 is 2.76 bits per heavy atom. The third-order valence-electron chi connectivity index (χ3n) is 3.14. The lowest BCUT2D eigenvalue weighted by molar-refractivity contribution is 0.0754. The Kier molecular flexibility index (Phi) is 4.86. The van der Waals surface area contributed by atoms with Gasteiger partial charge in [0.25, 0.3) is 0 Å². The lowest BCUT2D eigenvalue weighted by atomic mass is 10.0. The molecule has 0 saturated carbocycles. The second-order valence-electron chi connectivity index (χ2n) is 4.44. The van der Waals surface area contributed by atoms with Crippen LogP contribution in [0.2, 0.25) is 5.02 Å². The van der Waals surface area contributed by atoms with Crippen molar-refractivity contribution in [3.63, 3.8) is 0 Å². The quantitative estimate of drug-likeness (QED) is 0.911. The van der Waals surface area contributed by atoms with Crippen molar-refractivity contribution in [2.24, 2.45) is 0 Å². The molecule has 0 amide bonds. The van der Waals surface area contributed by atoms with Crippen molar-refractivity contribution in [1.29, 1.82) is 0 Å². The molecule has 2 nitrogen and oxygen atoms in total. The van der Waals surface area contributed by atoms with Crippen LogP contribution in [-0.4, -0.2) is 19.3 Å². The topological polar surface area (TPSA) is 21.3 Å². The summed E-state index contributed by atoms with van der Waals surface area (Å²) in [6.07, 6.45) is 2.16. The standard InChI is InChI=1S/C13H17BrClNO/c1-9(16-11-4-6-17-7-5-11)12-3-2-10(14)8-13(12)15/h2-3,8-9,11,16H,4-7H2,1H3. The van der Waals surface area contributed by atoms with Crippen molar-refractivity contribution in [2.45, 2.75) is 31.8 Å². The highest BCUT2D eigenvalue weighted by molar-refractivity contribution is 9.10. The first-order chi connectivity index (χ1) is 8.16. The second kappa shape index (κ2) is 6.19. The molecule has 0 aliphatic carbocycles. The minimum absolute atomic E-state index is 0.277. The van der Waals surface area contributed by atoms with E-state index in [1.165, 1.54) is 0 Å². The van der Waals surface area contributed by atoms with Crippen LogP contribution < -0.4 is 5.32 Å². The Labute approximate surface area is 116 Å². The molecule has 4 heteroatoms. The van der Waals surface area contributed by atoms with E-state index in [2.05, 4.69) is 34.2 Å². The van der Waals surface area contributed by atoms with Crippen molar-refractivity contribution in [3.05, 3.63) is 33.3 Å². The minimum Gasteiger partial charge on any atom is -0.381 e. The lowest BCUT2D eigenvalue weighted by Gasteiger charge is -2.27. The molecule has 1 N–H and O–H groups in total. The van der Waals surface area contributed by atoms with Crippen LogP contribution in [0.15, 0.2) is 22.7 Å². The molecule has 1 aliphatic heterocycles. The van der Waals surface area contributed by atoms with Gasteiger partial charge in [0.1, 0.15) is 0 Å². The van der Waals surface area contributed by atoms with E-state index < -0.39 is 0 Å². The number of hydrogen-bond donors (Lipinski definition) is 1. The fourth-order valence-electron chi connectivity index (χ4n) is 2.16. The third-order valence-corrected chi connectivity index (χ3v) is 3.96. The Morgan fingerprint density at radius 2 is 2.12 bits per heavy atom. The summed E-state index contributed by atoms with van der Waals surface area (Å²) in [5.41, 5.74) is 1.15. The first kappa shape index (κ1) is 13.3. The van der Waals surface area contributed by atoms with Gasteiger partial charge in [-0.25, -0.2) is 0 Å². The molecule has 1 heterocycles. The van der Waals surface area contributed by atoms with E-state index in [1.54, 1.807) is 0 Å². The van der Waals surface area contributed by atoms with Gasteiger partial charge < -0.3 is 10.1 Å². The molecule has 1 unspecified atom stereocenters. The van der Waals surface area contributed by atoms with E-state index in [0.717, 1.165) is 41.1 Å². The highest BCUT2D eigenvalue weighted by Gasteiger charge is 2.17. The second-order valence-corrected chi connectivity index (χ2v) is 5.76. The first-order valence-corrected chi connectivity index (χ1v) is 7.12. The van der Waals surface area contributed by atoms with Crippen molar-refractivity contribution in [2.75, 3.05) is 13.2 Å². The van der Waals surface area contributed by atoms with Crippen LogP contribution in [0, 0.1) is 0 Å². The number of hydrogen-bond acceptors (Lipinski definition) is 2. The number of benzene rings is 1. The van der Waals surface area contributed by atoms with Crippen LogP contribution in [0.1, 0.15) is 31.4 Å². The largest absolute Gasteiger partial charge is 0.381 e. The van der Waals surface area contributed by atoms with Crippen molar-refractivity contribution in [1.82, 2.24) is 5.32 Å². The Morgan fingerprint density at radius 1 is 1.41 bits per heavy atom. The Bertz CT molecular complexity index is 380. The monoisotopic (exact) mass is 317 g/mol. The molecule has 1 aromatic carbocycles. The molecule has 1 aliphatic rings. The maximum Gasteiger partial charge on any atom is 0.0480 e. The third kappa shape index (κ3) is 3.68. The van der Waals surface area contributed by atoms with Gasteiger partial charge in [-0.15, -0.1) is 0 Å². The molecule has 1 fully saturated rings. The molecule has 0 aromatic heterocycles. The predicted octanol–water partition coefficient (Wildman–Crippen LogP) is 3.93. The molecule has 17 heavy (non-hydrogen) atoms. The maximum atomic E-state index is 6.25. The average Bonchev–Trinajstić information content (AvgIpc) is 2.30. The van der Waals surface area contributed by atoms with Crippen LogP contribution in [0.3, 0.4) is 0 Å². The fourth-order valence-corrected chi connectivity index (χ4v) is 3.00. The van der Waals surface area contributed by atoms with Crippen LogP contribution in [-0.2, 0) is 4.74 Å². The van der Waals surface area contributed by atoms with Crippen molar-refractivity contribution < 1.29 is 4.74 Å². The zero-order chi connectivity index (χ0) is 12.3. The molecule has 1 saturated heterocycles. The Balaban J connectivity index is 2.00. The normalized spacial score (nSPS) is 19.2. The number of halogens is 2. The summed E-state index contributed by atoms with van der Waals surface area (Å²) in [5.74, 6) is 0. The molecular weight excluding hydrogens is 302 g/mol. The fraction of sp³-hybridized carbons (Fsp3) is 0.538. The smallest absolute Gasteiger partial charge is 0.0480 e. The van der Waals surface area contributed by atoms with Gasteiger partial charge >= 0.3 is 0 Å². The van der Waals surface area contributed by atoms with Gasteiger partial charge in [-0.1, -0.05) is 33.6 Å². The zero-order valence-electron chi connectivity index (χ0n) is 9.88. The highest BCUT2D eigenvalue weighted by atomic mass is 79.9. The predicted molar refractivity (Wildman–Crippen MR) is 74.5 cm³/mol. The van der Waals surface area contributed by atoms with Crippen LogP contribution in [0.25, 0.3) is 0 Å². The number of rotatable bonds is 3. The van der Waals surface area contributed by atoms with Gasteiger partial charge in [-0.2, -0.15) is 0 Å². The molecular formula is C13H17BrClNO. The van der Waals surface area contributed by atoms with Gasteiger partial charge in [0.15, 0.2) is 0 Å². The molecule has 1 atom stereocenters. The average molecular weight is 319 g/mol. The van der Waals surface area contributed by atoms with Crippen LogP contribution in [0.5, 0.6) is 0 Å². The molecule has 0 spiro atoms. The summed E-state index contributed by atoms with van der Waals surface area (Å²) in [6.45, 7) is 3.88. The highest BCUT2D eigenvalue weighted by Crippen LogP contribution is 2.27. The van der Waals surface area contributed by atoms with Crippen LogP contribution in [0.4, 0.5) is 0 Å². The van der Waals surface area contributed by atoms with Gasteiger partial charge in [-0.3, -0.25) is 0 Å². The van der Waals surface area contributed by atoms with Crippen LogP contribution >= 0.6 is 27.5 Å². The van der Waals surface area contributed by atoms with E-state index in [4.69, 9.17) is 16.3 Å². The van der Waals surface area contributed by atoms with Gasteiger partial charge in [0.05, 0.1) is 0 Å². The van der Waals surface area contributed by atoms with E-state index in [9.17, 15) is 0 Å². The molecule has 0 bridgehead atoms. The Hall–Kier alpha value is -0.0900. The van der Waals surface area contributed by atoms with E-state index in [1.807, 2.05) is 12.1 Å². The maximum absolute atomic E-state index is 6.25. The van der Waals surface area contributed by atoms with E-state index in [-0.39, 0.29) is 6.04 Å². The van der Waals surface area contributed by atoms with Gasteiger partial charge in [0.2, 0.25) is 0 Å².